The number of rotatable bonds is 20. The van der Waals surface area contributed by atoms with Crippen molar-refractivity contribution in [2.75, 3.05) is 45.8 Å². The van der Waals surface area contributed by atoms with Gasteiger partial charge in [-0.05, 0) is 110 Å². The summed E-state index contributed by atoms with van der Waals surface area (Å²) in [4.78, 5) is 15.9. The number of nitrogens with two attached hydrogens (primary N) is 1. The van der Waals surface area contributed by atoms with Gasteiger partial charge in [-0.3, -0.25) is 4.79 Å². The molecule has 1 aliphatic carbocycles. The van der Waals surface area contributed by atoms with Crippen LogP contribution in [-0.2, 0) is 28.9 Å². The van der Waals surface area contributed by atoms with Gasteiger partial charge >= 0.3 is 0 Å². The highest BCUT2D eigenvalue weighted by Crippen LogP contribution is 2.34. The summed E-state index contributed by atoms with van der Waals surface area (Å²) in [5.74, 6) is 2.55. The molecule has 1 saturated carbocycles. The number of methoxy groups -OCH3 is 1. The highest BCUT2D eigenvalue weighted by Gasteiger charge is 2.35. The predicted octanol–water partition coefficient (Wildman–Crippen LogP) is 7.35. The van der Waals surface area contributed by atoms with Crippen molar-refractivity contribution in [2.24, 2.45) is 11.7 Å². The van der Waals surface area contributed by atoms with Crippen LogP contribution in [0.15, 0.2) is 54.6 Å². The SMILES string of the molecule is COCCCc1cc(CN(C(=O)C(CN)Cc2ccc(OCCOc3c(Cl)cc(C)cc3Cl)cc2)C2CC2)cc(OCCCS)c1. The Morgan fingerprint density at radius 2 is 1.57 bits per heavy atom. The molecule has 1 aliphatic rings. The molecule has 3 aromatic carbocycles. The fourth-order valence-electron chi connectivity index (χ4n) is 5.33. The van der Waals surface area contributed by atoms with E-state index < -0.39 is 0 Å². The van der Waals surface area contributed by atoms with Gasteiger partial charge in [0.05, 0.1) is 22.6 Å². The number of hydrogen-bond acceptors (Lipinski definition) is 7. The first-order valence-corrected chi connectivity index (χ1v) is 17.4. The van der Waals surface area contributed by atoms with Crippen molar-refractivity contribution in [3.63, 3.8) is 0 Å². The average molecular weight is 690 g/mol. The van der Waals surface area contributed by atoms with Crippen molar-refractivity contribution in [3.8, 4) is 17.2 Å². The van der Waals surface area contributed by atoms with Crippen LogP contribution in [0, 0.1) is 12.8 Å². The summed E-state index contributed by atoms with van der Waals surface area (Å²) in [6.45, 7) is 4.67. The average Bonchev–Trinajstić information content (AvgIpc) is 3.88. The maximum Gasteiger partial charge on any atom is 0.227 e. The van der Waals surface area contributed by atoms with Crippen LogP contribution >= 0.6 is 35.8 Å². The first-order valence-electron chi connectivity index (χ1n) is 16.0. The highest BCUT2D eigenvalue weighted by molar-refractivity contribution is 7.80. The van der Waals surface area contributed by atoms with Gasteiger partial charge < -0.3 is 29.6 Å². The molecule has 1 atom stereocenters. The van der Waals surface area contributed by atoms with E-state index in [9.17, 15) is 4.79 Å². The van der Waals surface area contributed by atoms with Crippen LogP contribution in [0.2, 0.25) is 10.0 Å². The van der Waals surface area contributed by atoms with Gasteiger partial charge in [-0.15, -0.1) is 0 Å². The third-order valence-electron chi connectivity index (χ3n) is 7.82. The van der Waals surface area contributed by atoms with Crippen molar-refractivity contribution in [1.82, 2.24) is 4.90 Å². The summed E-state index contributed by atoms with van der Waals surface area (Å²) in [7, 11) is 1.72. The van der Waals surface area contributed by atoms with Gasteiger partial charge in [0.1, 0.15) is 24.7 Å². The zero-order valence-electron chi connectivity index (χ0n) is 26.8. The second-order valence-electron chi connectivity index (χ2n) is 11.7. The highest BCUT2D eigenvalue weighted by atomic mass is 35.5. The Balaban J connectivity index is 1.35. The van der Waals surface area contributed by atoms with Crippen LogP contribution < -0.4 is 19.9 Å². The van der Waals surface area contributed by atoms with Crippen LogP contribution in [-0.4, -0.2) is 62.7 Å². The number of benzene rings is 3. The van der Waals surface area contributed by atoms with Crippen LogP contribution in [0.5, 0.6) is 17.2 Å². The Morgan fingerprint density at radius 1 is 0.891 bits per heavy atom. The number of hydrogen-bond donors (Lipinski definition) is 2. The summed E-state index contributed by atoms with van der Waals surface area (Å²) in [5, 5.41) is 0.951. The molecule has 0 heterocycles. The van der Waals surface area contributed by atoms with Crippen molar-refractivity contribution in [1.29, 1.82) is 0 Å². The van der Waals surface area contributed by atoms with E-state index in [1.807, 2.05) is 48.2 Å². The first-order chi connectivity index (χ1) is 22.3. The van der Waals surface area contributed by atoms with Crippen molar-refractivity contribution in [2.45, 2.75) is 58.0 Å². The minimum Gasteiger partial charge on any atom is -0.494 e. The Kier molecular flexibility index (Phi) is 14.7. The molecular formula is C36H46Cl2N2O5S. The van der Waals surface area contributed by atoms with Gasteiger partial charge in [-0.25, -0.2) is 0 Å². The second-order valence-corrected chi connectivity index (χ2v) is 13.0. The Labute approximate surface area is 289 Å². The molecule has 0 aromatic heterocycles. The molecule has 0 aliphatic heterocycles. The van der Waals surface area contributed by atoms with E-state index >= 15 is 0 Å². The standard InChI is InChI=1S/C36H46Cl2N2O5S/c1-25-17-33(37)35(34(38)18-25)45-15-14-44-31-10-6-26(7-11-31)20-29(23-39)36(41)40(30-8-9-30)24-28-19-27(5-3-12-42-2)21-32(22-28)43-13-4-16-46/h6-7,10-11,17-19,21-22,29-30,46H,3-5,8-9,12-16,20,23-24,39H2,1-2H3. The van der Waals surface area contributed by atoms with Crippen molar-refractivity contribution < 1.29 is 23.7 Å². The molecule has 7 nitrogen and oxygen atoms in total. The van der Waals surface area contributed by atoms with Crippen molar-refractivity contribution in [3.05, 3.63) is 86.9 Å². The number of halogens is 2. The lowest BCUT2D eigenvalue weighted by atomic mass is 9.97. The predicted molar refractivity (Wildman–Crippen MR) is 189 cm³/mol. The Morgan fingerprint density at radius 3 is 2.22 bits per heavy atom. The van der Waals surface area contributed by atoms with Gasteiger partial charge in [0.25, 0.3) is 0 Å². The van der Waals surface area contributed by atoms with E-state index in [1.165, 1.54) is 5.56 Å². The molecule has 0 spiro atoms. The largest absolute Gasteiger partial charge is 0.494 e. The van der Waals surface area contributed by atoms with E-state index in [0.29, 0.717) is 60.9 Å². The zero-order chi connectivity index (χ0) is 32.9. The number of amides is 1. The molecular weight excluding hydrogens is 643 g/mol. The lowest BCUT2D eigenvalue weighted by Gasteiger charge is -2.27. The number of nitrogens with zero attached hydrogens (tertiary/aromatic N) is 1. The maximum absolute atomic E-state index is 13.9. The van der Waals surface area contributed by atoms with Gasteiger partial charge in [0.2, 0.25) is 5.91 Å². The molecule has 1 unspecified atom stereocenters. The van der Waals surface area contributed by atoms with E-state index in [1.54, 1.807) is 7.11 Å². The molecule has 250 valence electrons. The maximum atomic E-state index is 13.9. The van der Waals surface area contributed by atoms with Crippen LogP contribution in [0.3, 0.4) is 0 Å². The lowest BCUT2D eigenvalue weighted by Crippen LogP contribution is -2.41. The molecule has 1 fully saturated rings. The van der Waals surface area contributed by atoms with Crippen LogP contribution in [0.25, 0.3) is 0 Å². The fraction of sp³-hybridized carbons (Fsp3) is 0.472. The van der Waals surface area contributed by atoms with Crippen LogP contribution in [0.1, 0.15) is 47.9 Å². The van der Waals surface area contributed by atoms with Gasteiger partial charge in [-0.1, -0.05) is 41.4 Å². The number of carbonyl (C=O) groups excluding carboxylic acids is 1. The quantitative estimate of drug-likeness (QED) is 0.0955. The summed E-state index contributed by atoms with van der Waals surface area (Å²) >= 11 is 16.8. The third-order valence-corrected chi connectivity index (χ3v) is 8.69. The van der Waals surface area contributed by atoms with Crippen LogP contribution in [0.4, 0.5) is 0 Å². The molecule has 1 amide bonds. The van der Waals surface area contributed by atoms with Gasteiger partial charge in [-0.2, -0.15) is 12.6 Å². The summed E-state index contributed by atoms with van der Waals surface area (Å²) in [5.41, 5.74) is 10.5. The monoisotopic (exact) mass is 688 g/mol. The lowest BCUT2D eigenvalue weighted by molar-refractivity contribution is -0.136. The topological polar surface area (TPSA) is 83.3 Å². The molecule has 4 rings (SSSR count). The van der Waals surface area contributed by atoms with Crippen molar-refractivity contribution >= 4 is 41.7 Å². The molecule has 2 N–H and O–H groups in total. The van der Waals surface area contributed by atoms with E-state index in [0.717, 1.165) is 60.3 Å². The van der Waals surface area contributed by atoms with E-state index in [4.69, 9.17) is 47.9 Å². The zero-order valence-corrected chi connectivity index (χ0v) is 29.2. The van der Waals surface area contributed by atoms with E-state index in [-0.39, 0.29) is 24.4 Å². The normalized spacial score (nSPS) is 13.3. The number of ether oxygens (including phenoxy) is 4. The minimum absolute atomic E-state index is 0.0956. The van der Waals surface area contributed by atoms with Gasteiger partial charge in [0, 0.05) is 32.8 Å². The molecule has 0 radical (unpaired) electrons. The molecule has 0 bridgehead atoms. The Hall–Kier alpha value is -2.62. The van der Waals surface area contributed by atoms with Gasteiger partial charge in [0.15, 0.2) is 5.75 Å². The number of carbonyl (C=O) groups is 1. The molecule has 46 heavy (non-hydrogen) atoms. The minimum atomic E-state index is -0.319. The van der Waals surface area contributed by atoms with E-state index in [2.05, 4.69) is 30.8 Å². The fourth-order valence-corrected chi connectivity index (χ4v) is 6.17. The smallest absolute Gasteiger partial charge is 0.227 e. The number of thiol groups is 1. The first kappa shape index (κ1) is 36.2. The third kappa shape index (κ3) is 11.3. The summed E-state index contributed by atoms with van der Waals surface area (Å²) in [6, 6.07) is 18.0. The molecule has 0 saturated heterocycles. The number of aryl methyl sites for hydroxylation is 2. The second kappa shape index (κ2) is 18.6. The molecule has 10 heteroatoms. The molecule has 3 aromatic rings. The summed E-state index contributed by atoms with van der Waals surface area (Å²) < 4.78 is 22.9. The summed E-state index contributed by atoms with van der Waals surface area (Å²) in [6.07, 6.45) is 5.26. The Bertz CT molecular complexity index is 1350.